The number of nitrogens with one attached hydrogen (secondary N) is 1. The van der Waals surface area contributed by atoms with E-state index in [4.69, 9.17) is 0 Å². The second-order valence-corrected chi connectivity index (χ2v) is 4.64. The zero-order valence-corrected chi connectivity index (χ0v) is 10.4. The quantitative estimate of drug-likeness (QED) is 0.785. The lowest BCUT2D eigenvalue weighted by atomic mass is 9.95. The third-order valence-electron chi connectivity index (χ3n) is 3.30. The number of hydrogen-bond acceptors (Lipinski definition) is 3. The molecule has 1 heterocycles. The monoisotopic (exact) mass is 234 g/mol. The van der Waals surface area contributed by atoms with Crippen LogP contribution in [0, 0.1) is 0 Å². The molecular weight excluding hydrogens is 216 g/mol. The van der Waals surface area contributed by atoms with Crippen molar-refractivity contribution in [2.45, 2.75) is 25.8 Å². The molecule has 0 saturated heterocycles. The van der Waals surface area contributed by atoms with E-state index in [-0.39, 0.29) is 17.7 Å². The number of carbonyl (C=O) groups excluding carboxylic acids is 1. The zero-order chi connectivity index (χ0) is 12.6. The molecule has 0 aromatic heterocycles. The molecule has 0 saturated carbocycles. The van der Waals surface area contributed by atoms with Crippen LogP contribution in [-0.4, -0.2) is 30.0 Å². The van der Waals surface area contributed by atoms with E-state index in [2.05, 4.69) is 17.1 Å². The number of nitrogens with zero attached hydrogens (tertiary/aromatic N) is 1. The van der Waals surface area contributed by atoms with Crippen molar-refractivity contribution in [3.8, 4) is 5.75 Å². The first-order valence-electron chi connectivity index (χ1n) is 5.85. The fraction of sp³-hybridized carbons (Fsp3) is 0.462. The summed E-state index contributed by atoms with van der Waals surface area (Å²) < 4.78 is 0. The van der Waals surface area contributed by atoms with Gasteiger partial charge >= 0.3 is 0 Å². The molecular formula is C13H18N2O2. The minimum Gasteiger partial charge on any atom is -0.506 e. The van der Waals surface area contributed by atoms with Crippen molar-refractivity contribution in [3.63, 3.8) is 0 Å². The van der Waals surface area contributed by atoms with Crippen molar-refractivity contribution in [1.29, 1.82) is 0 Å². The number of anilines is 1. The molecule has 2 rings (SSSR count). The highest BCUT2D eigenvalue weighted by molar-refractivity contribution is 6.01. The molecule has 1 aliphatic heterocycles. The Balaban J connectivity index is 2.50. The molecule has 1 aromatic rings. The lowest BCUT2D eigenvalue weighted by molar-refractivity contribution is -0.115. The van der Waals surface area contributed by atoms with Gasteiger partial charge < -0.3 is 15.3 Å². The van der Waals surface area contributed by atoms with E-state index in [0.717, 1.165) is 17.5 Å². The summed E-state index contributed by atoms with van der Waals surface area (Å²) in [6.07, 6.45) is 1.34. The van der Waals surface area contributed by atoms with E-state index in [1.54, 1.807) is 6.07 Å². The van der Waals surface area contributed by atoms with Gasteiger partial charge in [0.05, 0.1) is 12.1 Å². The smallest absolute Gasteiger partial charge is 0.228 e. The van der Waals surface area contributed by atoms with Gasteiger partial charge in [-0.25, -0.2) is 0 Å². The van der Waals surface area contributed by atoms with Gasteiger partial charge in [0.15, 0.2) is 0 Å². The van der Waals surface area contributed by atoms with Crippen LogP contribution in [0.1, 0.15) is 30.5 Å². The van der Waals surface area contributed by atoms with Gasteiger partial charge in [-0.05, 0) is 37.7 Å². The molecule has 92 valence electrons. The van der Waals surface area contributed by atoms with Gasteiger partial charge in [-0.15, -0.1) is 0 Å². The highest BCUT2D eigenvalue weighted by Gasteiger charge is 2.27. The molecule has 0 radical (unpaired) electrons. The Kier molecular flexibility index (Phi) is 3.07. The van der Waals surface area contributed by atoms with Crippen LogP contribution in [0.25, 0.3) is 0 Å². The van der Waals surface area contributed by atoms with Crippen molar-refractivity contribution in [2.75, 3.05) is 19.4 Å². The van der Waals surface area contributed by atoms with Gasteiger partial charge in [0, 0.05) is 6.04 Å². The molecule has 0 fully saturated rings. The Labute approximate surface area is 101 Å². The highest BCUT2D eigenvalue weighted by Crippen LogP contribution is 2.38. The summed E-state index contributed by atoms with van der Waals surface area (Å²) in [6, 6.07) is 3.85. The first-order valence-corrected chi connectivity index (χ1v) is 5.85. The molecule has 1 unspecified atom stereocenters. The second kappa shape index (κ2) is 4.37. The Morgan fingerprint density at radius 3 is 2.76 bits per heavy atom. The van der Waals surface area contributed by atoms with Crippen molar-refractivity contribution in [3.05, 3.63) is 23.3 Å². The standard InChI is InChI=1S/C13H18N2O2/c1-4-10(15(2)3)8-5-6-11(16)13-9(8)7-12(17)14-13/h5-6,10,16H,4,7H2,1-3H3,(H,14,17). The molecule has 17 heavy (non-hydrogen) atoms. The minimum absolute atomic E-state index is 0.0450. The summed E-state index contributed by atoms with van der Waals surface area (Å²) in [7, 11) is 4.05. The van der Waals surface area contributed by atoms with Gasteiger partial charge in [0.2, 0.25) is 5.91 Å². The van der Waals surface area contributed by atoms with Crippen LogP contribution in [0.3, 0.4) is 0 Å². The molecule has 1 aliphatic rings. The third-order valence-corrected chi connectivity index (χ3v) is 3.30. The van der Waals surface area contributed by atoms with Gasteiger partial charge in [-0.1, -0.05) is 13.0 Å². The number of phenols is 1. The van der Waals surface area contributed by atoms with Crippen LogP contribution in [0.2, 0.25) is 0 Å². The van der Waals surface area contributed by atoms with Gasteiger partial charge in [0.1, 0.15) is 5.75 Å². The van der Waals surface area contributed by atoms with E-state index in [9.17, 15) is 9.90 Å². The summed E-state index contributed by atoms with van der Waals surface area (Å²) in [5.41, 5.74) is 2.66. The number of hydrogen-bond donors (Lipinski definition) is 2. The number of aromatic hydroxyl groups is 1. The van der Waals surface area contributed by atoms with Crippen LogP contribution < -0.4 is 5.32 Å². The molecule has 0 aliphatic carbocycles. The molecule has 4 heteroatoms. The molecule has 1 aromatic carbocycles. The van der Waals surface area contributed by atoms with Gasteiger partial charge in [0.25, 0.3) is 0 Å². The lowest BCUT2D eigenvalue weighted by Gasteiger charge is -2.25. The van der Waals surface area contributed by atoms with Crippen LogP contribution in [0.15, 0.2) is 12.1 Å². The van der Waals surface area contributed by atoms with E-state index in [1.165, 1.54) is 0 Å². The molecule has 0 bridgehead atoms. The van der Waals surface area contributed by atoms with Crippen LogP contribution >= 0.6 is 0 Å². The van der Waals surface area contributed by atoms with Crippen molar-refractivity contribution in [1.82, 2.24) is 4.90 Å². The average molecular weight is 234 g/mol. The van der Waals surface area contributed by atoms with Gasteiger partial charge in [-0.3, -0.25) is 4.79 Å². The van der Waals surface area contributed by atoms with Crippen LogP contribution in [-0.2, 0) is 11.2 Å². The maximum atomic E-state index is 11.4. The van der Waals surface area contributed by atoms with Crippen LogP contribution in [0.4, 0.5) is 5.69 Å². The first kappa shape index (κ1) is 11.9. The fourth-order valence-electron chi connectivity index (χ4n) is 2.50. The molecule has 4 nitrogen and oxygen atoms in total. The Hall–Kier alpha value is -1.55. The second-order valence-electron chi connectivity index (χ2n) is 4.64. The maximum Gasteiger partial charge on any atom is 0.228 e. The van der Waals surface area contributed by atoms with Crippen molar-refractivity contribution >= 4 is 11.6 Å². The minimum atomic E-state index is -0.0450. The van der Waals surface area contributed by atoms with E-state index < -0.39 is 0 Å². The molecule has 2 N–H and O–H groups in total. The van der Waals surface area contributed by atoms with Crippen molar-refractivity contribution < 1.29 is 9.90 Å². The fourth-order valence-corrected chi connectivity index (χ4v) is 2.50. The Morgan fingerprint density at radius 1 is 1.47 bits per heavy atom. The average Bonchev–Trinajstić information content (AvgIpc) is 2.65. The summed E-state index contributed by atoms with van der Waals surface area (Å²) in [5.74, 6) is 0.111. The Morgan fingerprint density at radius 2 is 2.18 bits per heavy atom. The predicted octanol–water partition coefficient (Wildman–Crippen LogP) is 1.90. The first-order chi connectivity index (χ1) is 8.04. The predicted molar refractivity (Wildman–Crippen MR) is 67.2 cm³/mol. The zero-order valence-electron chi connectivity index (χ0n) is 10.4. The largest absolute Gasteiger partial charge is 0.506 e. The summed E-state index contributed by atoms with van der Waals surface area (Å²) in [5, 5.41) is 12.5. The summed E-state index contributed by atoms with van der Waals surface area (Å²) >= 11 is 0. The highest BCUT2D eigenvalue weighted by atomic mass is 16.3. The van der Waals surface area contributed by atoms with Crippen molar-refractivity contribution in [2.24, 2.45) is 0 Å². The number of carbonyl (C=O) groups is 1. The van der Waals surface area contributed by atoms with Gasteiger partial charge in [-0.2, -0.15) is 0 Å². The summed E-state index contributed by atoms with van der Waals surface area (Å²) in [4.78, 5) is 13.6. The normalized spacial score (nSPS) is 15.9. The van der Waals surface area contributed by atoms with E-state index in [1.807, 2.05) is 20.2 Å². The van der Waals surface area contributed by atoms with E-state index in [0.29, 0.717) is 12.1 Å². The molecule has 0 spiro atoms. The topological polar surface area (TPSA) is 52.6 Å². The lowest BCUT2D eigenvalue weighted by Crippen LogP contribution is -2.20. The number of rotatable bonds is 3. The SMILES string of the molecule is CCC(c1ccc(O)c2c1CC(=O)N2)N(C)C. The number of fused-ring (bicyclic) bond motifs is 1. The number of amides is 1. The maximum absolute atomic E-state index is 11.4. The number of phenolic OH excluding ortho intramolecular Hbond substituents is 1. The third kappa shape index (κ3) is 2.00. The van der Waals surface area contributed by atoms with Crippen LogP contribution in [0.5, 0.6) is 5.75 Å². The number of benzene rings is 1. The van der Waals surface area contributed by atoms with E-state index >= 15 is 0 Å². The Bertz CT molecular complexity index is 455. The molecule has 1 amide bonds. The summed E-state index contributed by atoms with van der Waals surface area (Å²) in [6.45, 7) is 2.12. The molecule has 1 atom stereocenters.